The van der Waals surface area contributed by atoms with Gasteiger partial charge in [-0.15, -0.1) is 11.6 Å². The van der Waals surface area contributed by atoms with Gasteiger partial charge in [0.2, 0.25) is 15.9 Å². The quantitative estimate of drug-likeness (QED) is 0.174. The van der Waals surface area contributed by atoms with Gasteiger partial charge in [-0.3, -0.25) is 9.29 Å². The van der Waals surface area contributed by atoms with Crippen LogP contribution in [0.15, 0.2) is 109 Å². The monoisotopic (exact) mass is 615 g/mol. The summed E-state index contributed by atoms with van der Waals surface area (Å²) in [4.78, 5) is 4.63. The Hall–Kier alpha value is -4.60. The van der Waals surface area contributed by atoms with Gasteiger partial charge in [-0.1, -0.05) is 72.8 Å². The molecule has 7 nitrogen and oxygen atoms in total. The van der Waals surface area contributed by atoms with Crippen LogP contribution >= 0.6 is 11.6 Å². The van der Waals surface area contributed by atoms with Gasteiger partial charge in [0.1, 0.15) is 22.6 Å². The third-order valence-corrected chi connectivity index (χ3v) is 9.51. The molecule has 0 atom stereocenters. The van der Waals surface area contributed by atoms with Crippen molar-refractivity contribution in [3.63, 3.8) is 0 Å². The number of halogens is 2. The van der Waals surface area contributed by atoms with Crippen LogP contribution in [0, 0.1) is 5.82 Å². The Morgan fingerprint density at radius 2 is 1.56 bits per heavy atom. The topological polar surface area (TPSA) is 84.7 Å². The number of fused-ring (bicyclic) bond motifs is 2. The SMILES string of the molecule is CN(c1c2cccnc2c(OC(c2ccccc2)c2ccccc2)c2c(O)n(Cc3ccc(F)cc3)cc12)S(=O)(=O)CCl. The molecule has 0 unspecified atom stereocenters. The maximum absolute atomic E-state index is 13.6. The Morgan fingerprint density at radius 3 is 2.16 bits per heavy atom. The van der Waals surface area contributed by atoms with Crippen molar-refractivity contribution < 1.29 is 22.7 Å². The van der Waals surface area contributed by atoms with E-state index in [0.29, 0.717) is 27.7 Å². The first kappa shape index (κ1) is 28.5. The number of ether oxygens (including phenoxy) is 1. The molecule has 10 heteroatoms. The van der Waals surface area contributed by atoms with Crippen LogP contribution in [0.5, 0.6) is 11.6 Å². The molecule has 218 valence electrons. The zero-order chi connectivity index (χ0) is 30.1. The lowest BCUT2D eigenvalue weighted by molar-refractivity contribution is 0.252. The van der Waals surface area contributed by atoms with Gasteiger partial charge in [-0.25, -0.2) is 12.8 Å². The Bertz CT molecular complexity index is 1980. The first-order chi connectivity index (χ1) is 20.8. The molecule has 2 heterocycles. The fourth-order valence-electron chi connectivity index (χ4n) is 5.27. The number of rotatable bonds is 9. The van der Waals surface area contributed by atoms with Crippen molar-refractivity contribution in [1.82, 2.24) is 9.55 Å². The number of sulfonamides is 1. The molecule has 0 amide bonds. The summed E-state index contributed by atoms with van der Waals surface area (Å²) in [6, 6.07) is 28.8. The van der Waals surface area contributed by atoms with E-state index in [1.54, 1.807) is 41.2 Å². The highest BCUT2D eigenvalue weighted by molar-refractivity contribution is 7.93. The van der Waals surface area contributed by atoms with Gasteiger partial charge in [-0.05, 0) is 41.0 Å². The van der Waals surface area contributed by atoms with Crippen molar-refractivity contribution in [3.8, 4) is 11.6 Å². The van der Waals surface area contributed by atoms with Gasteiger partial charge in [0, 0.05) is 30.2 Å². The second-order valence-electron chi connectivity index (χ2n) is 10.1. The number of hydrogen-bond acceptors (Lipinski definition) is 5. The largest absolute Gasteiger partial charge is 0.494 e. The number of nitrogens with zero attached hydrogens (tertiary/aromatic N) is 3. The number of anilines is 1. The van der Waals surface area contributed by atoms with Crippen LogP contribution in [-0.4, -0.2) is 35.3 Å². The van der Waals surface area contributed by atoms with Crippen molar-refractivity contribution in [1.29, 1.82) is 0 Å². The van der Waals surface area contributed by atoms with Crippen LogP contribution in [0.1, 0.15) is 22.8 Å². The summed E-state index contributed by atoms with van der Waals surface area (Å²) in [5, 5.41) is 12.3. The smallest absolute Gasteiger partial charge is 0.249 e. The molecule has 0 fully saturated rings. The van der Waals surface area contributed by atoms with Crippen molar-refractivity contribution in [2.75, 3.05) is 16.6 Å². The molecule has 6 aromatic rings. The highest BCUT2D eigenvalue weighted by atomic mass is 35.5. The summed E-state index contributed by atoms with van der Waals surface area (Å²) in [6.07, 6.45) is 2.68. The second kappa shape index (κ2) is 11.6. The lowest BCUT2D eigenvalue weighted by Gasteiger charge is -2.25. The van der Waals surface area contributed by atoms with Gasteiger partial charge in [0.15, 0.2) is 5.75 Å². The number of hydrogen-bond donors (Lipinski definition) is 1. The molecule has 43 heavy (non-hydrogen) atoms. The fourth-order valence-corrected chi connectivity index (χ4v) is 6.33. The Balaban J connectivity index is 1.65. The zero-order valence-corrected chi connectivity index (χ0v) is 24.6. The van der Waals surface area contributed by atoms with Crippen molar-refractivity contribution >= 4 is 49.0 Å². The molecule has 1 N–H and O–H groups in total. The summed E-state index contributed by atoms with van der Waals surface area (Å²) in [5.74, 6) is -0.236. The number of pyridine rings is 1. The molecule has 2 aromatic heterocycles. The molecule has 0 bridgehead atoms. The average Bonchev–Trinajstić information content (AvgIpc) is 3.35. The van der Waals surface area contributed by atoms with Gasteiger partial charge in [-0.2, -0.15) is 0 Å². The van der Waals surface area contributed by atoms with E-state index in [9.17, 15) is 17.9 Å². The fraction of sp³-hybridized carbons (Fsp3) is 0.121. The van der Waals surface area contributed by atoms with E-state index in [4.69, 9.17) is 16.3 Å². The van der Waals surface area contributed by atoms with E-state index in [-0.39, 0.29) is 23.6 Å². The standard InChI is InChI=1S/C33H27ClFN3O4S/c1-37(43(40,41)21-34)30-26-13-8-18-36-29(26)32(42-31(23-9-4-2-5-10-23)24-11-6-3-7-12-24)28-27(30)20-38(33(28)39)19-22-14-16-25(35)17-15-22/h2-18,20,31,39H,19,21H2,1H3. The minimum Gasteiger partial charge on any atom is -0.494 e. The molecule has 0 radical (unpaired) electrons. The summed E-state index contributed by atoms with van der Waals surface area (Å²) < 4.78 is 49.3. The Labute approximate surface area is 253 Å². The van der Waals surface area contributed by atoms with Gasteiger partial charge in [0.05, 0.1) is 17.6 Å². The highest BCUT2D eigenvalue weighted by Gasteiger charge is 2.30. The van der Waals surface area contributed by atoms with Gasteiger partial charge >= 0.3 is 0 Å². The molecule has 6 rings (SSSR count). The lowest BCUT2D eigenvalue weighted by atomic mass is 10.0. The minimum atomic E-state index is -3.93. The Morgan fingerprint density at radius 1 is 0.930 bits per heavy atom. The number of aromatic hydroxyl groups is 1. The summed E-state index contributed by atoms with van der Waals surface area (Å²) in [6.45, 7) is 0.191. The summed E-state index contributed by atoms with van der Waals surface area (Å²) in [5.41, 5.74) is 3.16. The molecular weight excluding hydrogens is 589 g/mol. The number of aromatic nitrogens is 2. The average molecular weight is 616 g/mol. The van der Waals surface area contributed by atoms with Crippen LogP contribution in [0.2, 0.25) is 0 Å². The highest BCUT2D eigenvalue weighted by Crippen LogP contribution is 2.49. The minimum absolute atomic E-state index is 0.153. The first-order valence-corrected chi connectivity index (χ1v) is 15.6. The maximum atomic E-state index is 13.6. The first-order valence-electron chi connectivity index (χ1n) is 13.4. The molecule has 0 aliphatic heterocycles. The van der Waals surface area contributed by atoms with Crippen LogP contribution in [0.4, 0.5) is 10.1 Å². The normalized spacial score (nSPS) is 11.8. The predicted octanol–water partition coefficient (Wildman–Crippen LogP) is 7.21. The number of benzene rings is 4. The molecule has 0 aliphatic carbocycles. The zero-order valence-electron chi connectivity index (χ0n) is 23.1. The molecule has 0 spiro atoms. The van der Waals surface area contributed by atoms with E-state index in [1.165, 1.54) is 19.2 Å². The van der Waals surface area contributed by atoms with Gasteiger partial charge in [0.25, 0.3) is 0 Å². The predicted molar refractivity (Wildman–Crippen MR) is 168 cm³/mol. The summed E-state index contributed by atoms with van der Waals surface area (Å²) in [7, 11) is -2.50. The molecular formula is C33H27ClFN3O4S. The third kappa shape index (κ3) is 5.37. The van der Waals surface area contributed by atoms with E-state index >= 15 is 0 Å². The van der Waals surface area contributed by atoms with Crippen molar-refractivity contribution in [2.45, 2.75) is 12.6 Å². The second-order valence-corrected chi connectivity index (χ2v) is 12.7. The molecule has 4 aromatic carbocycles. The van der Waals surface area contributed by atoms with Gasteiger partial charge < -0.3 is 14.4 Å². The Kier molecular flexibility index (Phi) is 7.68. The van der Waals surface area contributed by atoms with Crippen LogP contribution in [-0.2, 0) is 16.6 Å². The lowest BCUT2D eigenvalue weighted by Crippen LogP contribution is -2.27. The molecule has 0 aliphatic rings. The molecule has 0 saturated heterocycles. The van der Waals surface area contributed by atoms with Crippen molar-refractivity contribution in [2.24, 2.45) is 0 Å². The maximum Gasteiger partial charge on any atom is 0.249 e. The third-order valence-electron chi connectivity index (χ3n) is 7.39. The number of alkyl halides is 1. The van der Waals surface area contributed by atoms with E-state index in [2.05, 4.69) is 4.98 Å². The van der Waals surface area contributed by atoms with E-state index < -0.39 is 21.3 Å². The molecule has 0 saturated carbocycles. The van der Waals surface area contributed by atoms with Crippen LogP contribution in [0.25, 0.3) is 21.7 Å². The van der Waals surface area contributed by atoms with Crippen LogP contribution < -0.4 is 9.04 Å². The van der Waals surface area contributed by atoms with Crippen molar-refractivity contribution in [3.05, 3.63) is 132 Å². The summed E-state index contributed by atoms with van der Waals surface area (Å²) >= 11 is 5.88. The van der Waals surface area contributed by atoms with E-state index in [0.717, 1.165) is 21.0 Å². The van der Waals surface area contributed by atoms with Crippen LogP contribution in [0.3, 0.4) is 0 Å². The van der Waals surface area contributed by atoms with E-state index in [1.807, 2.05) is 60.7 Å².